The van der Waals surface area contributed by atoms with E-state index in [1.54, 1.807) is 24.3 Å². The average Bonchev–Trinajstić information content (AvgIpc) is 2.74. The maximum absolute atomic E-state index is 12.1. The number of hydrogen-bond acceptors (Lipinski definition) is 2. The molecule has 3 aromatic carbocycles. The van der Waals surface area contributed by atoms with Crippen LogP contribution in [0.4, 0.5) is 11.4 Å². The highest BCUT2D eigenvalue weighted by Gasteiger charge is 2.05. The lowest BCUT2D eigenvalue weighted by molar-refractivity contribution is -0.117. The molecule has 28 heavy (non-hydrogen) atoms. The molecule has 0 aliphatic heterocycles. The third kappa shape index (κ3) is 6.40. The Kier molecular flexibility index (Phi) is 6.96. The third-order valence-corrected chi connectivity index (χ3v) is 4.42. The van der Waals surface area contributed by atoms with Crippen LogP contribution in [0, 0.1) is 0 Å². The standard InChI is InChI=1S/C24H24N2O2/c27-23(17-11-19-7-3-1-4-8-19)25-21-13-15-22(16-14-21)26-24(28)18-12-20-9-5-2-6-10-20/h1-10,13-16H,11-12,17-18H2,(H,25,27)(H,26,28). The van der Waals surface area contributed by atoms with Gasteiger partial charge in [0.2, 0.25) is 11.8 Å². The molecule has 4 heteroatoms. The summed E-state index contributed by atoms with van der Waals surface area (Å²) in [7, 11) is 0. The molecule has 4 nitrogen and oxygen atoms in total. The van der Waals surface area contributed by atoms with Crippen LogP contribution in [0.1, 0.15) is 24.0 Å². The number of carbonyl (C=O) groups is 2. The van der Waals surface area contributed by atoms with Crippen molar-refractivity contribution in [1.29, 1.82) is 0 Å². The van der Waals surface area contributed by atoms with Crippen LogP contribution in [0.2, 0.25) is 0 Å². The Morgan fingerprint density at radius 2 is 0.893 bits per heavy atom. The zero-order chi connectivity index (χ0) is 19.6. The second kappa shape index (κ2) is 10.1. The first-order valence-corrected chi connectivity index (χ1v) is 9.47. The normalized spacial score (nSPS) is 10.3. The predicted molar refractivity (Wildman–Crippen MR) is 113 cm³/mol. The molecule has 0 aromatic heterocycles. The lowest BCUT2D eigenvalue weighted by atomic mass is 10.1. The maximum atomic E-state index is 12.1. The monoisotopic (exact) mass is 372 g/mol. The summed E-state index contributed by atoms with van der Waals surface area (Å²) in [5, 5.41) is 5.78. The van der Waals surface area contributed by atoms with E-state index in [1.807, 2.05) is 60.7 Å². The highest BCUT2D eigenvalue weighted by molar-refractivity contribution is 5.93. The van der Waals surface area contributed by atoms with Gasteiger partial charge < -0.3 is 10.6 Å². The van der Waals surface area contributed by atoms with Crippen molar-refractivity contribution in [3.63, 3.8) is 0 Å². The van der Waals surface area contributed by atoms with Crippen molar-refractivity contribution in [2.75, 3.05) is 10.6 Å². The zero-order valence-corrected chi connectivity index (χ0v) is 15.7. The largest absolute Gasteiger partial charge is 0.326 e. The molecular weight excluding hydrogens is 348 g/mol. The molecule has 0 heterocycles. The molecule has 0 spiro atoms. The molecule has 0 unspecified atom stereocenters. The summed E-state index contributed by atoms with van der Waals surface area (Å²) >= 11 is 0. The van der Waals surface area contributed by atoms with E-state index in [9.17, 15) is 9.59 Å². The molecule has 0 saturated heterocycles. The Balaban J connectivity index is 1.42. The van der Waals surface area contributed by atoms with Crippen molar-refractivity contribution < 1.29 is 9.59 Å². The number of benzene rings is 3. The van der Waals surface area contributed by atoms with Gasteiger partial charge in [-0.05, 0) is 48.2 Å². The van der Waals surface area contributed by atoms with Gasteiger partial charge in [-0.2, -0.15) is 0 Å². The van der Waals surface area contributed by atoms with Gasteiger partial charge in [-0.1, -0.05) is 60.7 Å². The summed E-state index contributed by atoms with van der Waals surface area (Å²) in [6, 6.07) is 27.1. The van der Waals surface area contributed by atoms with E-state index in [-0.39, 0.29) is 11.8 Å². The maximum Gasteiger partial charge on any atom is 0.224 e. The fourth-order valence-electron chi connectivity index (χ4n) is 2.89. The Morgan fingerprint density at radius 1 is 0.536 bits per heavy atom. The van der Waals surface area contributed by atoms with E-state index in [4.69, 9.17) is 0 Å². The van der Waals surface area contributed by atoms with E-state index < -0.39 is 0 Å². The summed E-state index contributed by atoms with van der Waals surface area (Å²) in [5.41, 5.74) is 3.73. The van der Waals surface area contributed by atoms with Crippen LogP contribution >= 0.6 is 0 Å². The van der Waals surface area contributed by atoms with Gasteiger partial charge in [0, 0.05) is 24.2 Å². The predicted octanol–water partition coefficient (Wildman–Crippen LogP) is 4.83. The molecule has 0 fully saturated rings. The van der Waals surface area contributed by atoms with E-state index in [1.165, 1.54) is 0 Å². The molecule has 3 aromatic rings. The van der Waals surface area contributed by atoms with Crippen molar-refractivity contribution in [2.45, 2.75) is 25.7 Å². The summed E-state index contributed by atoms with van der Waals surface area (Å²) in [6.45, 7) is 0. The van der Waals surface area contributed by atoms with Gasteiger partial charge in [-0.3, -0.25) is 9.59 Å². The number of aryl methyl sites for hydroxylation is 2. The van der Waals surface area contributed by atoms with Crippen LogP contribution in [0.3, 0.4) is 0 Å². The number of anilines is 2. The number of nitrogens with one attached hydrogen (secondary N) is 2. The van der Waals surface area contributed by atoms with Gasteiger partial charge in [0.05, 0.1) is 0 Å². The summed E-state index contributed by atoms with van der Waals surface area (Å²) in [5.74, 6) is -0.0491. The van der Waals surface area contributed by atoms with Gasteiger partial charge in [0.25, 0.3) is 0 Å². The Morgan fingerprint density at radius 3 is 1.25 bits per heavy atom. The molecule has 2 N–H and O–H groups in total. The molecule has 142 valence electrons. The smallest absolute Gasteiger partial charge is 0.224 e. The topological polar surface area (TPSA) is 58.2 Å². The van der Waals surface area contributed by atoms with Gasteiger partial charge in [-0.25, -0.2) is 0 Å². The molecule has 3 rings (SSSR count). The second-order valence-electron chi connectivity index (χ2n) is 6.64. The van der Waals surface area contributed by atoms with Gasteiger partial charge in [-0.15, -0.1) is 0 Å². The number of amides is 2. The molecule has 0 atom stereocenters. The summed E-state index contributed by atoms with van der Waals surface area (Å²) in [4.78, 5) is 24.2. The molecule has 0 saturated carbocycles. The van der Waals surface area contributed by atoms with Crippen LogP contribution in [0.25, 0.3) is 0 Å². The van der Waals surface area contributed by atoms with Gasteiger partial charge >= 0.3 is 0 Å². The first-order chi connectivity index (χ1) is 13.7. The first-order valence-electron chi connectivity index (χ1n) is 9.47. The van der Waals surface area contributed by atoms with Crippen molar-refractivity contribution in [1.82, 2.24) is 0 Å². The fraction of sp³-hybridized carbons (Fsp3) is 0.167. The first kappa shape index (κ1) is 19.4. The SMILES string of the molecule is O=C(CCc1ccccc1)Nc1ccc(NC(=O)CCc2ccccc2)cc1. The number of hydrogen-bond donors (Lipinski definition) is 2. The second-order valence-corrected chi connectivity index (χ2v) is 6.64. The Hall–Kier alpha value is -3.40. The van der Waals surface area contributed by atoms with Crippen LogP contribution in [-0.2, 0) is 22.4 Å². The summed E-state index contributed by atoms with van der Waals surface area (Å²) in [6.07, 6.45) is 2.29. The minimum absolute atomic E-state index is 0.0245. The van der Waals surface area contributed by atoms with E-state index in [0.29, 0.717) is 25.7 Å². The Bertz CT molecular complexity index is 814. The summed E-state index contributed by atoms with van der Waals surface area (Å²) < 4.78 is 0. The van der Waals surface area contributed by atoms with Crippen LogP contribution in [-0.4, -0.2) is 11.8 Å². The van der Waals surface area contributed by atoms with E-state index in [2.05, 4.69) is 10.6 Å². The molecule has 2 amide bonds. The molecule has 0 bridgehead atoms. The molecule has 0 radical (unpaired) electrons. The fourth-order valence-corrected chi connectivity index (χ4v) is 2.89. The Labute approximate surface area is 165 Å². The van der Waals surface area contributed by atoms with E-state index >= 15 is 0 Å². The lowest BCUT2D eigenvalue weighted by Crippen LogP contribution is -2.13. The quantitative estimate of drug-likeness (QED) is 0.595. The highest BCUT2D eigenvalue weighted by Crippen LogP contribution is 2.15. The minimum atomic E-state index is -0.0245. The van der Waals surface area contributed by atoms with E-state index in [0.717, 1.165) is 22.5 Å². The number of carbonyl (C=O) groups excluding carboxylic acids is 2. The van der Waals surface area contributed by atoms with Crippen LogP contribution < -0.4 is 10.6 Å². The van der Waals surface area contributed by atoms with Crippen LogP contribution in [0.15, 0.2) is 84.9 Å². The average molecular weight is 372 g/mol. The third-order valence-electron chi connectivity index (χ3n) is 4.42. The van der Waals surface area contributed by atoms with Gasteiger partial charge in [0.15, 0.2) is 0 Å². The minimum Gasteiger partial charge on any atom is -0.326 e. The van der Waals surface area contributed by atoms with Crippen molar-refractivity contribution in [3.8, 4) is 0 Å². The number of rotatable bonds is 8. The van der Waals surface area contributed by atoms with Crippen molar-refractivity contribution in [2.24, 2.45) is 0 Å². The highest BCUT2D eigenvalue weighted by atomic mass is 16.2. The van der Waals surface area contributed by atoms with Crippen molar-refractivity contribution in [3.05, 3.63) is 96.1 Å². The van der Waals surface area contributed by atoms with Crippen molar-refractivity contribution >= 4 is 23.2 Å². The zero-order valence-electron chi connectivity index (χ0n) is 15.7. The molecular formula is C24H24N2O2. The lowest BCUT2D eigenvalue weighted by Gasteiger charge is -2.08. The van der Waals surface area contributed by atoms with Crippen LogP contribution in [0.5, 0.6) is 0 Å². The molecule has 0 aliphatic rings. The van der Waals surface area contributed by atoms with Gasteiger partial charge in [0.1, 0.15) is 0 Å². The molecule has 0 aliphatic carbocycles.